The van der Waals surface area contributed by atoms with Gasteiger partial charge in [0.1, 0.15) is 0 Å². The molecule has 1 atom stereocenters. The fourth-order valence-corrected chi connectivity index (χ4v) is 6.64. The summed E-state index contributed by atoms with van der Waals surface area (Å²) in [6.07, 6.45) is 0. The zero-order valence-electron chi connectivity index (χ0n) is 8.25. The molecule has 0 aliphatic carbocycles. The highest BCUT2D eigenvalue weighted by atomic mass is 32.1. The van der Waals surface area contributed by atoms with E-state index in [1.165, 1.54) is 38.8 Å². The molecule has 3 heterocycles. The van der Waals surface area contributed by atoms with E-state index in [4.69, 9.17) is 0 Å². The summed E-state index contributed by atoms with van der Waals surface area (Å²) in [5.74, 6) is 0. The van der Waals surface area contributed by atoms with Crippen LogP contribution in [-0.4, -0.2) is 0 Å². The molecule has 3 aromatic rings. The van der Waals surface area contributed by atoms with E-state index in [1.54, 1.807) is 0 Å². The molecule has 5 heteroatoms. The Balaban J connectivity index is 2.57. The monoisotopic (exact) mass is 288 g/mol. The maximum absolute atomic E-state index is 4.58. The molecule has 3 rings (SSSR count). The van der Waals surface area contributed by atoms with Gasteiger partial charge in [0.2, 0.25) is 0 Å². The minimum Gasteiger partial charge on any atom is -0.141 e. The Kier molecular flexibility index (Phi) is 2.42. The summed E-state index contributed by atoms with van der Waals surface area (Å²) in [4.78, 5) is 3.92. The number of hydrogen-bond acceptors (Lipinski definition) is 4. The second kappa shape index (κ2) is 3.44. The first kappa shape index (κ1) is 10.5. The zero-order chi connectivity index (χ0) is 10.7. The van der Waals surface area contributed by atoms with Crippen LogP contribution in [-0.2, 0) is 0 Å². The second-order valence-electron chi connectivity index (χ2n) is 3.50. The van der Waals surface area contributed by atoms with Crippen molar-refractivity contribution in [2.24, 2.45) is 0 Å². The highest BCUT2D eigenvalue weighted by molar-refractivity contribution is 7.81. The zero-order valence-corrected chi connectivity index (χ0v) is 12.7. The summed E-state index contributed by atoms with van der Waals surface area (Å²) in [7, 11) is 2.86. The highest BCUT2D eigenvalue weighted by Crippen LogP contribution is 2.46. The first-order chi connectivity index (χ1) is 7.09. The standard InChI is InChI=1S/C10H9PS4/c1-3-5(11)7-9(13-3)10-8(15-7)6(12)4(2)14-10/h12H,11H2,1-2H3. The third-order valence-corrected chi connectivity index (χ3v) is 8.40. The number of thiol groups is 1. The fraction of sp³-hybridized carbons (Fsp3) is 0.200. The van der Waals surface area contributed by atoms with Gasteiger partial charge < -0.3 is 0 Å². The summed E-state index contributed by atoms with van der Waals surface area (Å²) >= 11 is 10.2. The van der Waals surface area contributed by atoms with Gasteiger partial charge in [0.15, 0.2) is 0 Å². The molecule has 78 valence electrons. The van der Waals surface area contributed by atoms with Gasteiger partial charge in [0, 0.05) is 20.0 Å². The predicted molar refractivity (Wildman–Crippen MR) is 81.2 cm³/mol. The van der Waals surface area contributed by atoms with Crippen LogP contribution in [0.3, 0.4) is 0 Å². The van der Waals surface area contributed by atoms with Gasteiger partial charge in [-0.1, -0.05) is 0 Å². The lowest BCUT2D eigenvalue weighted by Crippen LogP contribution is -1.85. The van der Waals surface area contributed by atoms with Crippen molar-refractivity contribution in [3.8, 4) is 0 Å². The van der Waals surface area contributed by atoms with Crippen LogP contribution < -0.4 is 5.30 Å². The molecule has 0 N–H and O–H groups in total. The average molecular weight is 288 g/mol. The molecule has 15 heavy (non-hydrogen) atoms. The van der Waals surface area contributed by atoms with Crippen molar-refractivity contribution in [1.82, 2.24) is 0 Å². The van der Waals surface area contributed by atoms with Crippen molar-refractivity contribution in [3.05, 3.63) is 9.75 Å². The smallest absolute Gasteiger partial charge is 0.0644 e. The lowest BCUT2D eigenvalue weighted by atomic mass is 10.4. The Labute approximate surface area is 108 Å². The third-order valence-electron chi connectivity index (χ3n) is 2.51. The topological polar surface area (TPSA) is 0 Å². The lowest BCUT2D eigenvalue weighted by Gasteiger charge is -1.87. The number of hydrogen-bond donors (Lipinski definition) is 1. The lowest BCUT2D eigenvalue weighted by molar-refractivity contribution is 1.49. The third kappa shape index (κ3) is 1.36. The molecular formula is C10H9PS4. The molecule has 0 amide bonds. The molecule has 3 aromatic heterocycles. The van der Waals surface area contributed by atoms with Crippen LogP contribution in [0.2, 0.25) is 0 Å². The minimum atomic E-state index is 1.17. The maximum Gasteiger partial charge on any atom is 0.0644 e. The molecule has 0 saturated heterocycles. The Morgan fingerprint density at radius 1 is 0.867 bits per heavy atom. The van der Waals surface area contributed by atoms with Crippen molar-refractivity contribution in [3.63, 3.8) is 0 Å². The van der Waals surface area contributed by atoms with Gasteiger partial charge in [-0.15, -0.1) is 55.9 Å². The average Bonchev–Trinajstić information content (AvgIpc) is 2.75. The highest BCUT2D eigenvalue weighted by Gasteiger charge is 2.16. The van der Waals surface area contributed by atoms with E-state index in [-0.39, 0.29) is 0 Å². The van der Waals surface area contributed by atoms with Gasteiger partial charge in [-0.2, -0.15) is 0 Å². The summed E-state index contributed by atoms with van der Waals surface area (Å²) in [6.45, 7) is 4.33. The van der Waals surface area contributed by atoms with E-state index in [2.05, 4.69) is 35.7 Å². The molecule has 0 aliphatic rings. The van der Waals surface area contributed by atoms with Gasteiger partial charge in [-0.05, 0) is 13.8 Å². The molecule has 1 unspecified atom stereocenters. The Hall–Kier alpha value is 0.400. The van der Waals surface area contributed by atoms with E-state index >= 15 is 0 Å². The van der Waals surface area contributed by atoms with Gasteiger partial charge in [0.25, 0.3) is 0 Å². The van der Waals surface area contributed by atoms with Crippen LogP contribution >= 0.6 is 55.9 Å². The number of aryl methyl sites for hydroxylation is 2. The van der Waals surface area contributed by atoms with E-state index in [0.717, 1.165) is 0 Å². The van der Waals surface area contributed by atoms with Crippen molar-refractivity contribution in [2.75, 3.05) is 0 Å². The Bertz CT molecular complexity index is 614. The largest absolute Gasteiger partial charge is 0.141 e. The molecule has 0 fully saturated rings. The van der Waals surface area contributed by atoms with Crippen LogP contribution in [0, 0.1) is 13.8 Å². The van der Waals surface area contributed by atoms with Crippen LogP contribution in [0.25, 0.3) is 18.8 Å². The SMILES string of the molecule is Cc1sc2c(sc3c(S)c(C)sc32)c1P. The number of rotatable bonds is 0. The molecule has 0 spiro atoms. The quantitative estimate of drug-likeness (QED) is 0.454. The maximum atomic E-state index is 4.58. The van der Waals surface area contributed by atoms with Crippen molar-refractivity contribution in [1.29, 1.82) is 0 Å². The molecule has 0 nitrogen and oxygen atoms in total. The van der Waals surface area contributed by atoms with Crippen molar-refractivity contribution in [2.45, 2.75) is 18.7 Å². The van der Waals surface area contributed by atoms with Crippen LogP contribution in [0.1, 0.15) is 9.75 Å². The van der Waals surface area contributed by atoms with E-state index in [0.29, 0.717) is 0 Å². The first-order valence-corrected chi connectivity index (χ1v) is 7.96. The summed E-state index contributed by atoms with van der Waals surface area (Å²) < 4.78 is 5.68. The van der Waals surface area contributed by atoms with Gasteiger partial charge in [0.05, 0.1) is 18.8 Å². The summed E-state index contributed by atoms with van der Waals surface area (Å²) in [5.41, 5.74) is 0. The molecule has 0 aliphatic heterocycles. The van der Waals surface area contributed by atoms with Crippen LogP contribution in [0.15, 0.2) is 4.90 Å². The Morgan fingerprint density at radius 2 is 1.47 bits per heavy atom. The van der Waals surface area contributed by atoms with E-state index in [9.17, 15) is 0 Å². The molecule has 0 radical (unpaired) electrons. The Morgan fingerprint density at radius 3 is 2.20 bits per heavy atom. The van der Waals surface area contributed by atoms with E-state index < -0.39 is 0 Å². The van der Waals surface area contributed by atoms with Gasteiger partial charge in [-0.25, -0.2) is 0 Å². The van der Waals surface area contributed by atoms with E-state index in [1.807, 2.05) is 34.0 Å². The van der Waals surface area contributed by atoms with Gasteiger partial charge in [-0.3, -0.25) is 0 Å². The predicted octanol–water partition coefficient (Wildman–Crippen LogP) is 4.58. The van der Waals surface area contributed by atoms with Gasteiger partial charge >= 0.3 is 0 Å². The minimum absolute atomic E-state index is 1.17. The van der Waals surface area contributed by atoms with Crippen molar-refractivity contribution >= 4 is 80.0 Å². The molecule has 0 saturated carbocycles. The fourth-order valence-electron chi connectivity index (χ4n) is 1.65. The number of fused-ring (bicyclic) bond motifs is 3. The second-order valence-corrected chi connectivity index (χ2v) is 7.99. The molecular weight excluding hydrogens is 279 g/mol. The molecule has 0 bridgehead atoms. The normalized spacial score (nSPS) is 12.0. The van der Waals surface area contributed by atoms with Crippen LogP contribution in [0.5, 0.6) is 0 Å². The summed E-state index contributed by atoms with van der Waals surface area (Å²) in [5, 5.41) is 1.37. The number of thiophene rings is 3. The van der Waals surface area contributed by atoms with Crippen LogP contribution in [0.4, 0.5) is 0 Å². The first-order valence-electron chi connectivity index (χ1n) is 4.49. The summed E-state index contributed by atoms with van der Waals surface area (Å²) in [6, 6.07) is 0. The van der Waals surface area contributed by atoms with Crippen molar-refractivity contribution < 1.29 is 0 Å². The molecule has 0 aromatic carbocycles.